The predicted molar refractivity (Wildman–Crippen MR) is 123 cm³/mol. The first kappa shape index (κ1) is 24.2. The molecular weight excluding hydrogens is 480 g/mol. The lowest BCUT2D eigenvalue weighted by atomic mass is 9.98. The fraction of sp³-hybridized carbons (Fsp3) is 0.591. The quantitative estimate of drug-likeness (QED) is 0.564. The lowest BCUT2D eigenvalue weighted by Crippen LogP contribution is -2.62. The van der Waals surface area contributed by atoms with Crippen LogP contribution in [0.15, 0.2) is 17.1 Å². The van der Waals surface area contributed by atoms with Crippen LogP contribution >= 0.6 is 0 Å². The van der Waals surface area contributed by atoms with Gasteiger partial charge in [0.25, 0.3) is 5.92 Å². The molecule has 0 aromatic carbocycles. The van der Waals surface area contributed by atoms with Crippen LogP contribution in [0.2, 0.25) is 0 Å². The number of carbonyl (C=O) groups excluding carboxylic acids is 2. The van der Waals surface area contributed by atoms with E-state index in [-0.39, 0.29) is 31.7 Å². The van der Waals surface area contributed by atoms with E-state index in [4.69, 9.17) is 5.11 Å². The number of fused-ring (bicyclic) bond motifs is 1. The maximum atomic E-state index is 14.8. The van der Waals surface area contributed by atoms with Crippen molar-refractivity contribution >= 4 is 34.8 Å². The number of rotatable bonds is 3. The van der Waals surface area contributed by atoms with Gasteiger partial charge in [0, 0.05) is 52.4 Å². The number of nitrogens with one attached hydrogen (secondary N) is 1. The standard InChI is InChI=1S/C22H27F2N7O5/c1-27-17-13(31(20(27)34)14-2-3-16(32)26-19(14)33)4-6-25-18(17)29-10-8-28(9-11-29)15-5-7-30(21(35)36)12-22(15,23)24/h4,6,14-15H,2-3,5,7-12H2,1H3,(H,35,36)(H,26,32,33)/t14?,15-/m0/s1. The van der Waals surface area contributed by atoms with Gasteiger partial charge in [0.15, 0.2) is 5.82 Å². The van der Waals surface area contributed by atoms with Crippen molar-refractivity contribution in [1.29, 1.82) is 0 Å². The first-order valence-corrected chi connectivity index (χ1v) is 11.8. The summed E-state index contributed by atoms with van der Waals surface area (Å²) >= 11 is 0. The Hall–Kier alpha value is -3.55. The number of piperidine rings is 2. The van der Waals surface area contributed by atoms with E-state index in [1.807, 2.05) is 4.90 Å². The fourth-order valence-electron chi connectivity index (χ4n) is 5.56. The number of imide groups is 1. The molecule has 3 aliphatic rings. The number of hydrogen-bond donors (Lipinski definition) is 2. The highest BCUT2D eigenvalue weighted by molar-refractivity contribution is 6.00. The van der Waals surface area contributed by atoms with Crippen molar-refractivity contribution < 1.29 is 28.3 Å². The molecule has 5 rings (SSSR count). The highest BCUT2D eigenvalue weighted by Gasteiger charge is 2.49. The maximum absolute atomic E-state index is 14.8. The molecule has 14 heteroatoms. The van der Waals surface area contributed by atoms with Gasteiger partial charge in [-0.05, 0) is 18.9 Å². The number of hydrogen-bond acceptors (Lipinski definition) is 7. The Balaban J connectivity index is 1.38. The number of halogens is 2. The minimum atomic E-state index is -3.15. The average Bonchev–Trinajstić information content (AvgIpc) is 3.09. The highest BCUT2D eigenvalue weighted by Crippen LogP contribution is 2.33. The van der Waals surface area contributed by atoms with Crippen molar-refractivity contribution in [3.05, 3.63) is 22.7 Å². The van der Waals surface area contributed by atoms with E-state index in [0.717, 1.165) is 4.90 Å². The summed E-state index contributed by atoms with van der Waals surface area (Å²) in [6.45, 7) is 0.676. The summed E-state index contributed by atoms with van der Waals surface area (Å²) in [5.41, 5.74) is 0.634. The fourth-order valence-corrected chi connectivity index (χ4v) is 5.56. The molecule has 0 radical (unpaired) electrons. The lowest BCUT2D eigenvalue weighted by Gasteiger charge is -2.46. The molecule has 12 nitrogen and oxygen atoms in total. The van der Waals surface area contributed by atoms with Gasteiger partial charge in [-0.15, -0.1) is 0 Å². The minimum absolute atomic E-state index is 0.0520. The number of aromatic nitrogens is 3. The van der Waals surface area contributed by atoms with Crippen molar-refractivity contribution in [2.24, 2.45) is 7.05 Å². The van der Waals surface area contributed by atoms with Crippen LogP contribution in [0.1, 0.15) is 25.3 Å². The highest BCUT2D eigenvalue weighted by atomic mass is 19.3. The Bertz CT molecular complexity index is 1280. The van der Waals surface area contributed by atoms with E-state index >= 15 is 0 Å². The van der Waals surface area contributed by atoms with Gasteiger partial charge in [0.2, 0.25) is 11.8 Å². The van der Waals surface area contributed by atoms with Gasteiger partial charge in [-0.25, -0.2) is 23.4 Å². The molecular formula is C22H27F2N7O5. The van der Waals surface area contributed by atoms with E-state index < -0.39 is 42.2 Å². The van der Waals surface area contributed by atoms with Crippen LogP contribution in [0, 0.1) is 0 Å². The maximum Gasteiger partial charge on any atom is 0.407 e. The van der Waals surface area contributed by atoms with Crippen LogP contribution in [0.3, 0.4) is 0 Å². The Morgan fingerprint density at radius 3 is 2.50 bits per heavy atom. The first-order valence-electron chi connectivity index (χ1n) is 11.8. The summed E-state index contributed by atoms with van der Waals surface area (Å²) in [6.07, 6.45) is 0.606. The monoisotopic (exact) mass is 507 g/mol. The molecule has 0 spiro atoms. The van der Waals surface area contributed by atoms with Gasteiger partial charge in [0.05, 0.1) is 18.1 Å². The number of likely N-dealkylation sites (tertiary alicyclic amines) is 1. The molecule has 3 aliphatic heterocycles. The Morgan fingerprint density at radius 1 is 1.14 bits per heavy atom. The number of piperazine rings is 1. The molecule has 3 amide bonds. The molecule has 3 saturated heterocycles. The Labute approximate surface area is 204 Å². The van der Waals surface area contributed by atoms with Crippen molar-refractivity contribution in [3.63, 3.8) is 0 Å². The molecule has 3 fully saturated rings. The number of anilines is 1. The molecule has 194 valence electrons. The second-order valence-corrected chi connectivity index (χ2v) is 9.47. The summed E-state index contributed by atoms with van der Waals surface area (Å²) in [7, 11) is 1.59. The third kappa shape index (κ3) is 3.98. The van der Waals surface area contributed by atoms with Gasteiger partial charge in [-0.1, -0.05) is 0 Å². The van der Waals surface area contributed by atoms with Gasteiger partial charge >= 0.3 is 11.8 Å². The van der Waals surface area contributed by atoms with E-state index in [9.17, 15) is 28.0 Å². The summed E-state index contributed by atoms with van der Waals surface area (Å²) in [6, 6.07) is -0.210. The zero-order valence-corrected chi connectivity index (χ0v) is 19.7. The topological polar surface area (TPSA) is 133 Å². The van der Waals surface area contributed by atoms with Crippen LogP contribution in [-0.2, 0) is 16.6 Å². The molecule has 0 bridgehead atoms. The summed E-state index contributed by atoms with van der Waals surface area (Å²) in [5, 5.41) is 11.4. The molecule has 2 N–H and O–H groups in total. The molecule has 5 heterocycles. The van der Waals surface area contributed by atoms with Gasteiger partial charge < -0.3 is 14.9 Å². The second kappa shape index (κ2) is 8.84. The zero-order valence-electron chi connectivity index (χ0n) is 19.7. The smallest absolute Gasteiger partial charge is 0.407 e. The van der Waals surface area contributed by atoms with Crippen LogP contribution in [-0.4, -0.2) is 98.2 Å². The molecule has 0 aliphatic carbocycles. The predicted octanol–water partition coefficient (Wildman–Crippen LogP) is 0.222. The Morgan fingerprint density at radius 2 is 1.86 bits per heavy atom. The SMILES string of the molecule is Cn1c(=O)n(C2CCC(=O)NC2=O)c2ccnc(N3CCN([C@H]4CCN(C(=O)O)CC4(F)F)CC3)c21. The molecule has 0 saturated carbocycles. The van der Waals surface area contributed by atoms with E-state index in [2.05, 4.69) is 10.3 Å². The normalized spacial score (nSPS) is 25.3. The molecule has 1 unspecified atom stereocenters. The molecule has 36 heavy (non-hydrogen) atoms. The van der Waals surface area contributed by atoms with Crippen molar-refractivity contribution in [2.75, 3.05) is 44.2 Å². The minimum Gasteiger partial charge on any atom is -0.465 e. The van der Waals surface area contributed by atoms with Crippen molar-refractivity contribution in [2.45, 2.75) is 37.3 Å². The Kier molecular flexibility index (Phi) is 5.93. The van der Waals surface area contributed by atoms with Crippen LogP contribution in [0.25, 0.3) is 11.0 Å². The average molecular weight is 507 g/mol. The zero-order chi connectivity index (χ0) is 25.8. The van der Waals surface area contributed by atoms with Crippen molar-refractivity contribution in [3.8, 4) is 0 Å². The van der Waals surface area contributed by atoms with E-state index in [1.165, 1.54) is 9.13 Å². The number of alkyl halides is 2. The number of carboxylic acid groups (broad SMARTS) is 1. The van der Waals surface area contributed by atoms with Gasteiger partial charge in [-0.2, -0.15) is 0 Å². The first-order chi connectivity index (χ1) is 17.1. The van der Waals surface area contributed by atoms with Gasteiger partial charge in [0.1, 0.15) is 11.6 Å². The summed E-state index contributed by atoms with van der Waals surface area (Å²) in [5.74, 6) is -3.53. The van der Waals surface area contributed by atoms with E-state index in [0.29, 0.717) is 43.0 Å². The van der Waals surface area contributed by atoms with Crippen LogP contribution in [0.5, 0.6) is 0 Å². The van der Waals surface area contributed by atoms with Crippen LogP contribution in [0.4, 0.5) is 19.4 Å². The van der Waals surface area contributed by atoms with E-state index in [1.54, 1.807) is 24.2 Å². The largest absolute Gasteiger partial charge is 0.465 e. The molecule has 2 aromatic rings. The summed E-state index contributed by atoms with van der Waals surface area (Å²) in [4.78, 5) is 57.1. The summed E-state index contributed by atoms with van der Waals surface area (Å²) < 4.78 is 32.3. The number of imidazole rings is 1. The third-order valence-corrected chi connectivity index (χ3v) is 7.38. The van der Waals surface area contributed by atoms with Crippen LogP contribution < -0.4 is 15.9 Å². The molecule has 2 atom stereocenters. The second-order valence-electron chi connectivity index (χ2n) is 9.47. The van der Waals surface area contributed by atoms with Crippen molar-refractivity contribution in [1.82, 2.24) is 29.2 Å². The number of aryl methyl sites for hydroxylation is 1. The van der Waals surface area contributed by atoms with Gasteiger partial charge in [-0.3, -0.25) is 28.9 Å². The number of nitrogens with zero attached hydrogens (tertiary/aromatic N) is 6. The lowest BCUT2D eigenvalue weighted by molar-refractivity contribution is -0.135. The number of carbonyl (C=O) groups is 3. The third-order valence-electron chi connectivity index (χ3n) is 7.38. The number of pyridine rings is 1. The molecule has 2 aromatic heterocycles. The number of amides is 3.